The molecule has 1 aromatic carbocycles. The van der Waals surface area contributed by atoms with Crippen molar-refractivity contribution < 1.29 is 17.6 Å². The minimum absolute atomic E-state index is 0.0424. The molecule has 0 aliphatic heterocycles. The Morgan fingerprint density at radius 3 is 2.59 bits per heavy atom. The molecule has 0 spiro atoms. The fraction of sp³-hybridized carbons (Fsp3) is 0.312. The molecule has 0 aliphatic rings. The summed E-state index contributed by atoms with van der Waals surface area (Å²) in [6, 6.07) is 9.70. The Bertz CT molecular complexity index is 735. The Balaban J connectivity index is 2.16. The quantitative estimate of drug-likeness (QED) is 0.886. The van der Waals surface area contributed by atoms with E-state index < -0.39 is 15.7 Å². The second-order valence-corrected chi connectivity index (χ2v) is 7.30. The number of carbonyl (C=O) groups is 1. The molecule has 6 heteroatoms. The van der Waals surface area contributed by atoms with Crippen LogP contribution in [0.15, 0.2) is 52.0 Å². The molecule has 0 saturated carbocycles. The molecule has 5 nitrogen and oxygen atoms in total. The zero-order valence-electron chi connectivity index (χ0n) is 12.6. The van der Waals surface area contributed by atoms with Crippen LogP contribution in [0.2, 0.25) is 0 Å². The first-order valence-electron chi connectivity index (χ1n) is 7.09. The number of benzene rings is 1. The van der Waals surface area contributed by atoms with Crippen molar-refractivity contribution in [1.29, 1.82) is 0 Å². The van der Waals surface area contributed by atoms with Crippen LogP contribution in [0.1, 0.15) is 30.0 Å². The monoisotopic (exact) mass is 321 g/mol. The lowest BCUT2D eigenvalue weighted by Gasteiger charge is -2.14. The van der Waals surface area contributed by atoms with Crippen molar-refractivity contribution >= 4 is 15.7 Å². The molecule has 118 valence electrons. The van der Waals surface area contributed by atoms with E-state index in [0.29, 0.717) is 6.42 Å². The van der Waals surface area contributed by atoms with Crippen LogP contribution in [-0.4, -0.2) is 26.1 Å². The maximum absolute atomic E-state index is 12.4. The molecule has 1 amide bonds. The molecular formula is C16H19NO4S. The first-order chi connectivity index (χ1) is 10.4. The largest absolute Gasteiger partial charge is 0.469 e. The third-order valence-corrected chi connectivity index (χ3v) is 5.10. The number of amides is 1. The standard InChI is InChI=1S/C16H19NO4S/c1-3-22(19,20)15-9-5-4-8-14(15)16(18)17-12(2)11-13-7-6-10-21-13/h4-10,12H,3,11H2,1-2H3,(H,17,18)/t12-/m1/s1. The molecule has 1 heterocycles. The van der Waals surface area contributed by atoms with Crippen molar-refractivity contribution in [3.63, 3.8) is 0 Å². The van der Waals surface area contributed by atoms with E-state index in [4.69, 9.17) is 4.42 Å². The van der Waals surface area contributed by atoms with Crippen LogP contribution in [0.3, 0.4) is 0 Å². The Morgan fingerprint density at radius 1 is 1.23 bits per heavy atom. The summed E-state index contributed by atoms with van der Waals surface area (Å²) in [7, 11) is -3.44. The second-order valence-electron chi connectivity index (χ2n) is 5.06. The van der Waals surface area contributed by atoms with Crippen LogP contribution >= 0.6 is 0 Å². The summed E-state index contributed by atoms with van der Waals surface area (Å²) in [5.41, 5.74) is 0.177. The predicted octanol–water partition coefficient (Wildman–Crippen LogP) is 2.43. The van der Waals surface area contributed by atoms with Gasteiger partial charge in [-0.05, 0) is 31.2 Å². The van der Waals surface area contributed by atoms with Crippen LogP contribution in [0.5, 0.6) is 0 Å². The molecule has 0 saturated heterocycles. The van der Waals surface area contributed by atoms with Crippen molar-refractivity contribution in [3.8, 4) is 0 Å². The number of rotatable bonds is 6. The van der Waals surface area contributed by atoms with Gasteiger partial charge in [0, 0.05) is 12.5 Å². The number of hydrogen-bond donors (Lipinski definition) is 1. The van der Waals surface area contributed by atoms with Gasteiger partial charge in [-0.2, -0.15) is 0 Å². The Labute approximate surface area is 130 Å². The first-order valence-corrected chi connectivity index (χ1v) is 8.74. The highest BCUT2D eigenvalue weighted by molar-refractivity contribution is 7.91. The van der Waals surface area contributed by atoms with E-state index in [1.807, 2.05) is 13.0 Å². The van der Waals surface area contributed by atoms with Gasteiger partial charge >= 0.3 is 0 Å². The molecule has 1 N–H and O–H groups in total. The summed E-state index contributed by atoms with van der Waals surface area (Å²) >= 11 is 0. The number of carbonyl (C=O) groups excluding carboxylic acids is 1. The van der Waals surface area contributed by atoms with Gasteiger partial charge in [0.15, 0.2) is 9.84 Å². The molecule has 0 fully saturated rings. The number of furan rings is 1. The van der Waals surface area contributed by atoms with Gasteiger partial charge in [0.05, 0.1) is 22.5 Å². The molecule has 2 aromatic rings. The Kier molecular flexibility index (Phi) is 5.03. The molecule has 1 atom stereocenters. The van der Waals surface area contributed by atoms with Crippen molar-refractivity contribution in [1.82, 2.24) is 5.32 Å². The highest BCUT2D eigenvalue weighted by atomic mass is 32.2. The number of hydrogen-bond acceptors (Lipinski definition) is 4. The van der Waals surface area contributed by atoms with Gasteiger partial charge in [0.1, 0.15) is 5.76 Å². The smallest absolute Gasteiger partial charge is 0.252 e. The van der Waals surface area contributed by atoms with Crippen molar-refractivity contribution in [2.24, 2.45) is 0 Å². The van der Waals surface area contributed by atoms with Gasteiger partial charge in [0.25, 0.3) is 5.91 Å². The van der Waals surface area contributed by atoms with Crippen molar-refractivity contribution in [3.05, 3.63) is 54.0 Å². The normalized spacial score (nSPS) is 12.8. The molecule has 0 bridgehead atoms. The number of sulfone groups is 1. The van der Waals surface area contributed by atoms with Gasteiger partial charge in [0.2, 0.25) is 0 Å². The molecular weight excluding hydrogens is 302 g/mol. The lowest BCUT2D eigenvalue weighted by molar-refractivity contribution is 0.0936. The minimum atomic E-state index is -3.44. The van der Waals surface area contributed by atoms with E-state index >= 15 is 0 Å². The van der Waals surface area contributed by atoms with Crippen molar-refractivity contribution in [2.45, 2.75) is 31.2 Å². The van der Waals surface area contributed by atoms with Gasteiger partial charge in [-0.1, -0.05) is 19.1 Å². The summed E-state index contributed by atoms with van der Waals surface area (Å²) in [5.74, 6) is 0.327. The fourth-order valence-corrected chi connectivity index (χ4v) is 3.26. The molecule has 0 aliphatic carbocycles. The SMILES string of the molecule is CCS(=O)(=O)c1ccccc1C(=O)N[C@H](C)Cc1ccco1. The summed E-state index contributed by atoms with van der Waals surface area (Å²) in [6.45, 7) is 3.40. The average Bonchev–Trinajstić information content (AvgIpc) is 3.00. The highest BCUT2D eigenvalue weighted by Crippen LogP contribution is 2.17. The predicted molar refractivity (Wildman–Crippen MR) is 83.5 cm³/mol. The summed E-state index contributed by atoms with van der Waals surface area (Å²) < 4.78 is 29.4. The van der Waals surface area contributed by atoms with Gasteiger partial charge < -0.3 is 9.73 Å². The maximum Gasteiger partial charge on any atom is 0.252 e. The molecule has 1 aromatic heterocycles. The van der Waals surface area contributed by atoms with Gasteiger partial charge in [-0.15, -0.1) is 0 Å². The van der Waals surface area contributed by atoms with Crippen LogP contribution in [0.4, 0.5) is 0 Å². The minimum Gasteiger partial charge on any atom is -0.469 e. The Hall–Kier alpha value is -2.08. The van der Waals surface area contributed by atoms with E-state index in [1.54, 1.807) is 31.4 Å². The van der Waals surface area contributed by atoms with E-state index in [-0.39, 0.29) is 22.3 Å². The third kappa shape index (κ3) is 3.76. The van der Waals surface area contributed by atoms with Gasteiger partial charge in [-0.25, -0.2) is 8.42 Å². The van der Waals surface area contributed by atoms with E-state index in [0.717, 1.165) is 5.76 Å². The zero-order valence-corrected chi connectivity index (χ0v) is 13.4. The van der Waals surface area contributed by atoms with Crippen LogP contribution in [0.25, 0.3) is 0 Å². The van der Waals surface area contributed by atoms with E-state index in [1.165, 1.54) is 12.1 Å². The second kappa shape index (κ2) is 6.79. The maximum atomic E-state index is 12.4. The first kappa shape index (κ1) is 16.3. The molecule has 0 unspecified atom stereocenters. The highest BCUT2D eigenvalue weighted by Gasteiger charge is 2.21. The topological polar surface area (TPSA) is 76.4 Å². The molecule has 0 radical (unpaired) electrons. The summed E-state index contributed by atoms with van der Waals surface area (Å²) in [4.78, 5) is 12.4. The number of nitrogens with one attached hydrogen (secondary N) is 1. The van der Waals surface area contributed by atoms with Crippen LogP contribution in [0, 0.1) is 0 Å². The lowest BCUT2D eigenvalue weighted by Crippen LogP contribution is -2.34. The van der Waals surface area contributed by atoms with Crippen LogP contribution in [-0.2, 0) is 16.3 Å². The lowest BCUT2D eigenvalue weighted by atomic mass is 10.1. The molecule has 2 rings (SSSR count). The van der Waals surface area contributed by atoms with Crippen LogP contribution < -0.4 is 5.32 Å². The fourth-order valence-electron chi connectivity index (χ4n) is 2.16. The average molecular weight is 321 g/mol. The van der Waals surface area contributed by atoms with E-state index in [9.17, 15) is 13.2 Å². The van der Waals surface area contributed by atoms with E-state index in [2.05, 4.69) is 5.32 Å². The summed E-state index contributed by atoms with van der Waals surface area (Å²) in [6.07, 6.45) is 2.12. The van der Waals surface area contributed by atoms with Gasteiger partial charge in [-0.3, -0.25) is 4.79 Å². The molecule has 22 heavy (non-hydrogen) atoms. The Morgan fingerprint density at radius 2 is 1.95 bits per heavy atom. The summed E-state index contributed by atoms with van der Waals surface area (Å²) in [5, 5.41) is 2.81. The van der Waals surface area contributed by atoms with Crippen molar-refractivity contribution in [2.75, 3.05) is 5.75 Å². The third-order valence-electron chi connectivity index (χ3n) is 3.31. The zero-order chi connectivity index (χ0) is 16.2.